The summed E-state index contributed by atoms with van der Waals surface area (Å²) in [6.45, 7) is 5.43. The summed E-state index contributed by atoms with van der Waals surface area (Å²) < 4.78 is 17.6. The molecule has 5 nitrogen and oxygen atoms in total. The van der Waals surface area contributed by atoms with Crippen molar-refractivity contribution < 1.29 is 19.0 Å². The van der Waals surface area contributed by atoms with E-state index in [1.165, 1.54) is 0 Å². The van der Waals surface area contributed by atoms with Gasteiger partial charge in [-0.1, -0.05) is 57.0 Å². The van der Waals surface area contributed by atoms with Crippen molar-refractivity contribution in [3.63, 3.8) is 0 Å². The van der Waals surface area contributed by atoms with Crippen molar-refractivity contribution in [3.05, 3.63) is 72.3 Å². The lowest BCUT2D eigenvalue weighted by molar-refractivity contribution is 0.0732. The number of hydrogen-bond donors (Lipinski definition) is 0. The molecule has 1 heterocycles. The van der Waals surface area contributed by atoms with Gasteiger partial charge in [0, 0.05) is 10.8 Å². The fourth-order valence-electron chi connectivity index (χ4n) is 3.65. The molecule has 0 aliphatic heterocycles. The molecule has 0 unspecified atom stereocenters. The van der Waals surface area contributed by atoms with Crippen LogP contribution in [0.15, 0.2) is 66.7 Å². The molecule has 0 bridgehead atoms. The third kappa shape index (κ3) is 5.25. The maximum Gasteiger partial charge on any atom is 0.345 e. The Morgan fingerprint density at radius 2 is 1.42 bits per heavy atom. The summed E-state index contributed by atoms with van der Waals surface area (Å²) in [5, 5.41) is 1.45. The predicted molar refractivity (Wildman–Crippen MR) is 131 cm³/mol. The normalized spacial score (nSPS) is 11.0. The van der Waals surface area contributed by atoms with E-state index in [4.69, 9.17) is 19.2 Å². The van der Waals surface area contributed by atoms with Crippen LogP contribution in [0, 0.1) is 0 Å². The highest BCUT2D eigenvalue weighted by Crippen LogP contribution is 2.32. The first kappa shape index (κ1) is 22.6. The number of rotatable bonds is 10. The molecule has 5 heteroatoms. The van der Waals surface area contributed by atoms with Gasteiger partial charge in [-0.3, -0.25) is 0 Å². The van der Waals surface area contributed by atoms with Crippen LogP contribution in [0.1, 0.15) is 49.9 Å². The number of hydrogen-bond acceptors (Lipinski definition) is 5. The number of fused-ring (bicyclic) bond motifs is 2. The largest absolute Gasteiger partial charge is 0.494 e. The van der Waals surface area contributed by atoms with E-state index in [0.29, 0.717) is 41.4 Å². The second-order valence-corrected chi connectivity index (χ2v) is 7.92. The molecule has 0 saturated heterocycles. The van der Waals surface area contributed by atoms with E-state index in [2.05, 4.69) is 13.8 Å². The van der Waals surface area contributed by atoms with Gasteiger partial charge in [-0.15, -0.1) is 0 Å². The third-order valence-corrected chi connectivity index (χ3v) is 5.43. The Kier molecular flexibility index (Phi) is 7.40. The number of aromatic nitrogens is 1. The van der Waals surface area contributed by atoms with Crippen molar-refractivity contribution in [3.8, 4) is 17.2 Å². The molecule has 0 amide bonds. The monoisotopic (exact) mass is 443 g/mol. The third-order valence-electron chi connectivity index (χ3n) is 5.43. The molecule has 4 aromatic rings. The average molecular weight is 444 g/mol. The first-order valence-electron chi connectivity index (χ1n) is 11.6. The summed E-state index contributed by atoms with van der Waals surface area (Å²) in [7, 11) is 0. The van der Waals surface area contributed by atoms with Gasteiger partial charge in [-0.05, 0) is 49.2 Å². The Labute approximate surface area is 194 Å². The van der Waals surface area contributed by atoms with Crippen LogP contribution in [0.25, 0.3) is 21.8 Å². The number of carbonyl (C=O) groups excluding carboxylic acids is 1. The van der Waals surface area contributed by atoms with E-state index in [-0.39, 0.29) is 0 Å². The molecule has 0 spiro atoms. The molecular formula is C28H29NO4. The molecule has 3 aromatic carbocycles. The lowest BCUT2D eigenvalue weighted by atomic mass is 10.0. The first-order chi connectivity index (χ1) is 16.2. The molecule has 170 valence electrons. The van der Waals surface area contributed by atoms with E-state index in [1.54, 1.807) is 6.07 Å². The number of ether oxygens (including phenoxy) is 3. The molecule has 0 N–H and O–H groups in total. The molecule has 0 aliphatic rings. The summed E-state index contributed by atoms with van der Waals surface area (Å²) in [5.41, 5.74) is 1.93. The number of benzene rings is 3. The van der Waals surface area contributed by atoms with Crippen LogP contribution in [-0.4, -0.2) is 24.2 Å². The van der Waals surface area contributed by atoms with Gasteiger partial charge in [-0.2, -0.15) is 0 Å². The zero-order valence-corrected chi connectivity index (χ0v) is 19.2. The Balaban J connectivity index is 1.74. The first-order valence-corrected chi connectivity index (χ1v) is 11.6. The van der Waals surface area contributed by atoms with E-state index in [1.807, 2.05) is 60.7 Å². The number of pyridine rings is 1. The minimum Gasteiger partial charge on any atom is -0.494 e. The Morgan fingerprint density at radius 1 is 0.758 bits per heavy atom. The van der Waals surface area contributed by atoms with Crippen LogP contribution < -0.4 is 14.2 Å². The highest BCUT2D eigenvalue weighted by atomic mass is 16.6. The Morgan fingerprint density at radius 3 is 2.21 bits per heavy atom. The molecule has 4 rings (SSSR count). The number of para-hydroxylation sites is 3. The Bertz CT molecular complexity index is 1250. The van der Waals surface area contributed by atoms with Gasteiger partial charge >= 0.3 is 5.97 Å². The SMILES string of the molecule is CCCCOc1ccc2nc3ccccc3c(C(=O)Oc3ccccc3OCCCC)c2c1. The molecule has 33 heavy (non-hydrogen) atoms. The highest BCUT2D eigenvalue weighted by molar-refractivity contribution is 6.15. The van der Waals surface area contributed by atoms with Crippen LogP contribution >= 0.6 is 0 Å². The molecule has 1 aromatic heterocycles. The second kappa shape index (κ2) is 10.8. The van der Waals surface area contributed by atoms with Gasteiger partial charge in [-0.25, -0.2) is 9.78 Å². The predicted octanol–water partition coefficient (Wildman–Crippen LogP) is 6.97. The standard InChI is InChI=1S/C28H29NO4/c1-3-5-17-31-20-15-16-24-22(19-20)27(21-11-7-8-12-23(21)29-24)28(30)33-26-14-10-9-13-25(26)32-18-6-4-2/h7-16,19H,3-6,17-18H2,1-2H3. The summed E-state index contributed by atoms with van der Waals surface area (Å²) in [6, 6.07) is 20.5. The molecule has 0 saturated carbocycles. The second-order valence-electron chi connectivity index (χ2n) is 7.92. The Hall–Kier alpha value is -3.60. The summed E-state index contributed by atoms with van der Waals surface area (Å²) >= 11 is 0. The lowest BCUT2D eigenvalue weighted by Gasteiger charge is -2.14. The van der Waals surface area contributed by atoms with E-state index >= 15 is 0 Å². The zero-order chi connectivity index (χ0) is 23.0. The van der Waals surface area contributed by atoms with Crippen molar-refractivity contribution in [1.29, 1.82) is 0 Å². The van der Waals surface area contributed by atoms with Gasteiger partial charge < -0.3 is 14.2 Å². The smallest absolute Gasteiger partial charge is 0.345 e. The quantitative estimate of drug-likeness (QED) is 0.115. The fourth-order valence-corrected chi connectivity index (χ4v) is 3.65. The minimum absolute atomic E-state index is 0.406. The fraction of sp³-hybridized carbons (Fsp3) is 0.286. The van der Waals surface area contributed by atoms with E-state index < -0.39 is 5.97 Å². The summed E-state index contributed by atoms with van der Waals surface area (Å²) in [5.74, 6) is 1.23. The molecule has 0 fully saturated rings. The minimum atomic E-state index is -0.448. The van der Waals surface area contributed by atoms with Crippen molar-refractivity contribution in [2.75, 3.05) is 13.2 Å². The maximum atomic E-state index is 13.5. The molecule has 0 radical (unpaired) electrons. The summed E-state index contributed by atoms with van der Waals surface area (Å²) in [6.07, 6.45) is 3.98. The van der Waals surface area contributed by atoms with Crippen LogP contribution in [0.5, 0.6) is 17.2 Å². The lowest BCUT2D eigenvalue weighted by Crippen LogP contribution is -2.12. The van der Waals surface area contributed by atoms with Gasteiger partial charge in [0.15, 0.2) is 11.5 Å². The number of unbranched alkanes of at least 4 members (excludes halogenated alkanes) is 2. The van der Waals surface area contributed by atoms with Gasteiger partial charge in [0.05, 0.1) is 29.8 Å². The average Bonchev–Trinajstić information content (AvgIpc) is 2.84. The van der Waals surface area contributed by atoms with Crippen LogP contribution in [-0.2, 0) is 0 Å². The van der Waals surface area contributed by atoms with E-state index in [9.17, 15) is 4.79 Å². The number of nitrogens with zero attached hydrogens (tertiary/aromatic N) is 1. The van der Waals surface area contributed by atoms with Crippen LogP contribution in [0.3, 0.4) is 0 Å². The maximum absolute atomic E-state index is 13.5. The van der Waals surface area contributed by atoms with E-state index in [0.717, 1.165) is 42.1 Å². The molecule has 0 aliphatic carbocycles. The van der Waals surface area contributed by atoms with Gasteiger partial charge in [0.25, 0.3) is 0 Å². The zero-order valence-electron chi connectivity index (χ0n) is 19.2. The van der Waals surface area contributed by atoms with Crippen molar-refractivity contribution in [1.82, 2.24) is 4.98 Å². The van der Waals surface area contributed by atoms with Crippen LogP contribution in [0.2, 0.25) is 0 Å². The van der Waals surface area contributed by atoms with Gasteiger partial charge in [0.1, 0.15) is 5.75 Å². The molecule has 0 atom stereocenters. The van der Waals surface area contributed by atoms with Crippen LogP contribution in [0.4, 0.5) is 0 Å². The van der Waals surface area contributed by atoms with Crippen molar-refractivity contribution in [2.24, 2.45) is 0 Å². The number of esters is 1. The van der Waals surface area contributed by atoms with Crippen molar-refractivity contribution in [2.45, 2.75) is 39.5 Å². The molecular weight excluding hydrogens is 414 g/mol. The highest BCUT2D eigenvalue weighted by Gasteiger charge is 2.20. The number of carbonyl (C=O) groups is 1. The summed E-state index contributed by atoms with van der Waals surface area (Å²) in [4.78, 5) is 18.3. The topological polar surface area (TPSA) is 57.7 Å². The van der Waals surface area contributed by atoms with Gasteiger partial charge in [0.2, 0.25) is 0 Å². The van der Waals surface area contributed by atoms with Crippen molar-refractivity contribution >= 4 is 27.8 Å².